The number of imidazole rings is 1. The minimum atomic E-state index is -0.314. The Balaban J connectivity index is 1.48. The molecule has 0 saturated carbocycles. The molecular weight excluding hydrogens is 356 g/mol. The molecule has 1 aliphatic rings. The summed E-state index contributed by atoms with van der Waals surface area (Å²) in [5, 5.41) is 0. The molecule has 0 radical (unpaired) electrons. The molecule has 0 atom stereocenters. The number of anilines is 2. The third-order valence-corrected chi connectivity index (χ3v) is 4.99. The van der Waals surface area contributed by atoms with Crippen molar-refractivity contribution >= 4 is 28.6 Å². The van der Waals surface area contributed by atoms with Crippen LogP contribution in [-0.2, 0) is 4.74 Å². The van der Waals surface area contributed by atoms with Crippen LogP contribution in [0.1, 0.15) is 17.3 Å². The normalized spacial score (nSPS) is 14.4. The molecule has 28 heavy (non-hydrogen) atoms. The molecule has 1 N–H and O–H groups in total. The van der Waals surface area contributed by atoms with E-state index in [1.165, 1.54) is 0 Å². The Labute approximate surface area is 163 Å². The largest absolute Gasteiger partial charge is 0.495 e. The van der Waals surface area contributed by atoms with Crippen molar-refractivity contribution in [3.05, 3.63) is 48.0 Å². The maximum Gasteiger partial charge on any atom is 0.338 e. The van der Waals surface area contributed by atoms with Crippen LogP contribution >= 0.6 is 0 Å². The number of nitrogens with one attached hydrogen (secondary N) is 1. The second-order valence-corrected chi connectivity index (χ2v) is 6.66. The molecule has 3 aromatic rings. The summed E-state index contributed by atoms with van der Waals surface area (Å²) in [6, 6.07) is 13.5. The summed E-state index contributed by atoms with van der Waals surface area (Å²) < 4.78 is 10.6. The van der Waals surface area contributed by atoms with Gasteiger partial charge in [-0.05, 0) is 37.3 Å². The molecule has 0 unspecified atom stereocenters. The highest BCUT2D eigenvalue weighted by Gasteiger charge is 2.22. The number of hydrogen-bond acceptors (Lipinski definition) is 6. The van der Waals surface area contributed by atoms with Gasteiger partial charge in [-0.3, -0.25) is 0 Å². The monoisotopic (exact) mass is 380 g/mol. The fourth-order valence-electron chi connectivity index (χ4n) is 3.54. The topological polar surface area (TPSA) is 70.7 Å². The molecule has 2 aromatic carbocycles. The Morgan fingerprint density at radius 1 is 1.11 bits per heavy atom. The second-order valence-electron chi connectivity index (χ2n) is 6.66. The number of rotatable bonds is 5. The van der Waals surface area contributed by atoms with Crippen molar-refractivity contribution in [1.82, 2.24) is 9.97 Å². The molecule has 1 fully saturated rings. The molecule has 2 heterocycles. The Bertz CT molecular complexity index is 977. The van der Waals surface area contributed by atoms with E-state index in [9.17, 15) is 4.79 Å². The first-order valence-corrected chi connectivity index (χ1v) is 9.49. The number of ether oxygens (including phenoxy) is 2. The van der Waals surface area contributed by atoms with Gasteiger partial charge in [0.05, 0.1) is 36.0 Å². The molecule has 4 rings (SSSR count). The Kier molecular flexibility index (Phi) is 5.06. The molecule has 1 aliphatic heterocycles. The van der Waals surface area contributed by atoms with Gasteiger partial charge in [-0.2, -0.15) is 0 Å². The van der Waals surface area contributed by atoms with Crippen molar-refractivity contribution in [2.75, 3.05) is 49.7 Å². The first-order valence-electron chi connectivity index (χ1n) is 9.49. The van der Waals surface area contributed by atoms with Crippen molar-refractivity contribution in [1.29, 1.82) is 0 Å². The Morgan fingerprint density at radius 3 is 2.61 bits per heavy atom. The molecular formula is C21H24N4O3. The van der Waals surface area contributed by atoms with E-state index in [-0.39, 0.29) is 5.97 Å². The standard InChI is InChI=1S/C21H24N4O3/c1-3-28-20(26)15-8-9-16-17(14-15)23-21(22-16)25-12-10-24(11-13-25)18-6-4-5-7-19(18)27-2/h4-9,14H,3,10-13H2,1-2H3,(H,22,23). The zero-order valence-electron chi connectivity index (χ0n) is 16.1. The van der Waals surface area contributed by atoms with Gasteiger partial charge in [-0.15, -0.1) is 0 Å². The van der Waals surface area contributed by atoms with Crippen LogP contribution < -0.4 is 14.5 Å². The lowest BCUT2D eigenvalue weighted by Gasteiger charge is -2.36. The van der Waals surface area contributed by atoms with Crippen LogP contribution in [0, 0.1) is 0 Å². The van der Waals surface area contributed by atoms with Gasteiger partial charge >= 0.3 is 5.97 Å². The highest BCUT2D eigenvalue weighted by molar-refractivity contribution is 5.94. The number of esters is 1. The van der Waals surface area contributed by atoms with Gasteiger partial charge in [0.15, 0.2) is 0 Å². The van der Waals surface area contributed by atoms with Crippen LogP contribution in [0.15, 0.2) is 42.5 Å². The number of para-hydroxylation sites is 2. The number of carbonyl (C=O) groups excluding carboxylic acids is 1. The molecule has 1 saturated heterocycles. The van der Waals surface area contributed by atoms with Crippen LogP contribution in [0.2, 0.25) is 0 Å². The van der Waals surface area contributed by atoms with E-state index in [0.717, 1.165) is 54.6 Å². The van der Waals surface area contributed by atoms with Crippen LogP contribution in [-0.4, -0.2) is 55.8 Å². The summed E-state index contributed by atoms with van der Waals surface area (Å²) in [5.41, 5.74) is 3.33. The highest BCUT2D eigenvalue weighted by atomic mass is 16.5. The smallest absolute Gasteiger partial charge is 0.338 e. The number of H-pyrrole nitrogens is 1. The van der Waals surface area contributed by atoms with E-state index in [2.05, 4.69) is 25.8 Å². The molecule has 1 aromatic heterocycles. The van der Waals surface area contributed by atoms with Crippen LogP contribution in [0.25, 0.3) is 11.0 Å². The van der Waals surface area contributed by atoms with E-state index in [4.69, 9.17) is 9.47 Å². The highest BCUT2D eigenvalue weighted by Crippen LogP contribution is 2.29. The first kappa shape index (κ1) is 18.2. The summed E-state index contributed by atoms with van der Waals surface area (Å²) in [4.78, 5) is 24.5. The number of methoxy groups -OCH3 is 1. The van der Waals surface area contributed by atoms with Crippen molar-refractivity contribution in [2.45, 2.75) is 6.92 Å². The summed E-state index contributed by atoms with van der Waals surface area (Å²) in [6.07, 6.45) is 0. The SMILES string of the molecule is CCOC(=O)c1ccc2nc(N3CCN(c4ccccc4OC)CC3)[nH]c2c1. The minimum Gasteiger partial charge on any atom is -0.495 e. The number of fused-ring (bicyclic) bond motifs is 1. The number of benzene rings is 2. The van der Waals surface area contributed by atoms with Gasteiger partial charge in [0.2, 0.25) is 5.95 Å². The van der Waals surface area contributed by atoms with Gasteiger partial charge in [-0.25, -0.2) is 9.78 Å². The second kappa shape index (κ2) is 7.80. The Hall–Kier alpha value is -3.22. The third kappa shape index (κ3) is 3.47. The number of nitrogens with zero attached hydrogens (tertiary/aromatic N) is 3. The predicted molar refractivity (Wildman–Crippen MR) is 109 cm³/mol. The minimum absolute atomic E-state index is 0.314. The summed E-state index contributed by atoms with van der Waals surface area (Å²) >= 11 is 0. The van der Waals surface area contributed by atoms with E-state index >= 15 is 0 Å². The van der Waals surface area contributed by atoms with Gasteiger partial charge in [0, 0.05) is 26.2 Å². The zero-order valence-corrected chi connectivity index (χ0v) is 16.1. The molecule has 146 valence electrons. The predicted octanol–water partition coefficient (Wildman–Crippen LogP) is 3.07. The van der Waals surface area contributed by atoms with E-state index in [1.807, 2.05) is 24.3 Å². The summed E-state index contributed by atoms with van der Waals surface area (Å²) in [6.45, 7) is 5.62. The fraction of sp³-hybridized carbons (Fsp3) is 0.333. The summed E-state index contributed by atoms with van der Waals surface area (Å²) in [5.74, 6) is 1.41. The molecule has 7 nitrogen and oxygen atoms in total. The average Bonchev–Trinajstić information content (AvgIpc) is 3.17. The third-order valence-electron chi connectivity index (χ3n) is 4.99. The van der Waals surface area contributed by atoms with E-state index in [0.29, 0.717) is 12.2 Å². The van der Waals surface area contributed by atoms with Gasteiger partial charge in [-0.1, -0.05) is 12.1 Å². The number of carbonyl (C=O) groups is 1. The maximum atomic E-state index is 11.9. The van der Waals surface area contributed by atoms with Crippen LogP contribution in [0.4, 0.5) is 11.6 Å². The van der Waals surface area contributed by atoms with Crippen molar-refractivity contribution < 1.29 is 14.3 Å². The zero-order chi connectivity index (χ0) is 19.5. The number of piperazine rings is 1. The van der Waals surface area contributed by atoms with Crippen LogP contribution in [0.5, 0.6) is 5.75 Å². The lowest BCUT2D eigenvalue weighted by molar-refractivity contribution is 0.0526. The van der Waals surface area contributed by atoms with Gasteiger partial charge in [0.1, 0.15) is 5.75 Å². The van der Waals surface area contributed by atoms with Gasteiger partial charge in [0.25, 0.3) is 0 Å². The molecule has 0 aliphatic carbocycles. The lowest BCUT2D eigenvalue weighted by Crippen LogP contribution is -2.47. The molecule has 0 amide bonds. The summed E-state index contributed by atoms with van der Waals surface area (Å²) in [7, 11) is 1.70. The number of aromatic amines is 1. The lowest BCUT2D eigenvalue weighted by atomic mass is 10.2. The Morgan fingerprint density at radius 2 is 1.86 bits per heavy atom. The van der Waals surface area contributed by atoms with Crippen LogP contribution in [0.3, 0.4) is 0 Å². The van der Waals surface area contributed by atoms with E-state index in [1.54, 1.807) is 26.2 Å². The quantitative estimate of drug-likeness (QED) is 0.686. The van der Waals surface area contributed by atoms with Gasteiger partial charge < -0.3 is 24.3 Å². The average molecular weight is 380 g/mol. The molecule has 0 bridgehead atoms. The van der Waals surface area contributed by atoms with E-state index < -0.39 is 0 Å². The maximum absolute atomic E-state index is 11.9. The molecule has 7 heteroatoms. The van der Waals surface area contributed by atoms with Crippen molar-refractivity contribution in [3.63, 3.8) is 0 Å². The fourth-order valence-corrected chi connectivity index (χ4v) is 3.54. The van der Waals surface area contributed by atoms with Crippen molar-refractivity contribution in [2.24, 2.45) is 0 Å². The van der Waals surface area contributed by atoms with Crippen molar-refractivity contribution in [3.8, 4) is 5.75 Å². The number of hydrogen-bond donors (Lipinski definition) is 1. The molecule has 0 spiro atoms. The number of aromatic nitrogens is 2. The first-order chi connectivity index (χ1) is 13.7.